The minimum absolute atomic E-state index is 0.0116. The summed E-state index contributed by atoms with van der Waals surface area (Å²) in [6, 6.07) is 14.7. The number of ether oxygens (including phenoxy) is 2. The molecule has 0 unspecified atom stereocenters. The van der Waals surface area contributed by atoms with Gasteiger partial charge in [-0.1, -0.05) is 53.5 Å². The average Bonchev–Trinajstić information content (AvgIpc) is 2.81. The van der Waals surface area contributed by atoms with Crippen LogP contribution in [0.25, 0.3) is 11.1 Å². The molecule has 0 aliphatic carbocycles. The van der Waals surface area contributed by atoms with Crippen molar-refractivity contribution >= 4 is 51.0 Å². The molecule has 0 radical (unpaired) electrons. The second-order valence-corrected chi connectivity index (χ2v) is 8.66. The van der Waals surface area contributed by atoms with E-state index in [9.17, 15) is 14.7 Å². The van der Waals surface area contributed by atoms with E-state index in [1.807, 2.05) is 30.3 Å². The summed E-state index contributed by atoms with van der Waals surface area (Å²) in [4.78, 5) is 24.6. The van der Waals surface area contributed by atoms with Gasteiger partial charge >= 0.3 is 5.97 Å². The standard InChI is InChI=1S/C24H20BrCl2NO5/c1-32-18-4-3-5-19(33-2)20(18)14-8-6-13(7-9-14)12-17(24(30)31)28-23(29)21-16(26)11-10-15(25)22(21)27/h3-11,17H,12H2,1-2H3,(H,28,29)(H,30,31)/t17-/m0/s1. The Bertz CT molecular complexity index is 1160. The maximum absolute atomic E-state index is 12.7. The number of hydrogen-bond acceptors (Lipinski definition) is 4. The highest BCUT2D eigenvalue weighted by atomic mass is 79.9. The third-order valence-electron chi connectivity index (χ3n) is 4.98. The van der Waals surface area contributed by atoms with Crippen LogP contribution in [0.3, 0.4) is 0 Å². The Hall–Kier alpha value is -2.74. The Morgan fingerprint density at radius 2 is 1.61 bits per heavy atom. The van der Waals surface area contributed by atoms with E-state index in [0.717, 1.165) is 11.1 Å². The van der Waals surface area contributed by atoms with Crippen molar-refractivity contribution in [2.75, 3.05) is 14.2 Å². The molecule has 1 atom stereocenters. The lowest BCUT2D eigenvalue weighted by Crippen LogP contribution is -2.42. The largest absolute Gasteiger partial charge is 0.496 e. The second-order valence-electron chi connectivity index (χ2n) is 7.02. The zero-order chi connectivity index (χ0) is 24.1. The van der Waals surface area contributed by atoms with Gasteiger partial charge in [-0.25, -0.2) is 4.79 Å². The van der Waals surface area contributed by atoms with Gasteiger partial charge in [-0.3, -0.25) is 4.79 Å². The van der Waals surface area contributed by atoms with Crippen LogP contribution in [-0.4, -0.2) is 37.2 Å². The smallest absolute Gasteiger partial charge is 0.326 e. The number of rotatable bonds is 8. The number of methoxy groups -OCH3 is 2. The molecule has 0 fully saturated rings. The van der Waals surface area contributed by atoms with E-state index in [1.54, 1.807) is 32.4 Å². The number of carbonyl (C=O) groups excluding carboxylic acids is 1. The molecule has 6 nitrogen and oxygen atoms in total. The minimum Gasteiger partial charge on any atom is -0.496 e. The van der Waals surface area contributed by atoms with Gasteiger partial charge in [-0.05, 0) is 51.3 Å². The lowest BCUT2D eigenvalue weighted by Gasteiger charge is -2.17. The van der Waals surface area contributed by atoms with Gasteiger partial charge in [0.05, 0.1) is 35.4 Å². The molecule has 0 spiro atoms. The van der Waals surface area contributed by atoms with Crippen molar-refractivity contribution in [2.45, 2.75) is 12.5 Å². The molecule has 3 rings (SSSR count). The molecule has 9 heteroatoms. The summed E-state index contributed by atoms with van der Waals surface area (Å²) in [5.41, 5.74) is 2.36. The Morgan fingerprint density at radius 1 is 1.00 bits per heavy atom. The fraction of sp³-hybridized carbons (Fsp3) is 0.167. The highest BCUT2D eigenvalue weighted by Gasteiger charge is 2.25. The zero-order valence-electron chi connectivity index (χ0n) is 17.7. The SMILES string of the molecule is COc1cccc(OC)c1-c1ccc(C[C@H](NC(=O)c2c(Cl)ccc(Br)c2Cl)C(=O)O)cc1. The molecule has 0 aliphatic rings. The number of aliphatic carboxylic acids is 1. The number of carboxylic acids is 1. The van der Waals surface area contributed by atoms with Crippen molar-refractivity contribution in [3.05, 3.63) is 80.2 Å². The number of hydrogen-bond donors (Lipinski definition) is 2. The fourth-order valence-electron chi connectivity index (χ4n) is 3.34. The first-order chi connectivity index (χ1) is 15.8. The number of carbonyl (C=O) groups is 2. The van der Waals surface area contributed by atoms with Crippen LogP contribution in [0.15, 0.2) is 59.1 Å². The van der Waals surface area contributed by atoms with Crippen molar-refractivity contribution in [2.24, 2.45) is 0 Å². The molecule has 0 aromatic heterocycles. The quantitative estimate of drug-likeness (QED) is 0.342. The molecular weight excluding hydrogens is 533 g/mol. The average molecular weight is 553 g/mol. The van der Waals surface area contributed by atoms with Gasteiger partial charge in [-0.15, -0.1) is 0 Å². The Balaban J connectivity index is 1.83. The minimum atomic E-state index is -1.18. The van der Waals surface area contributed by atoms with Crippen LogP contribution >= 0.6 is 39.1 Å². The first kappa shape index (κ1) is 24.9. The van der Waals surface area contributed by atoms with E-state index in [1.165, 1.54) is 6.07 Å². The number of amides is 1. The van der Waals surface area contributed by atoms with Crippen molar-refractivity contribution in [3.8, 4) is 22.6 Å². The van der Waals surface area contributed by atoms with E-state index < -0.39 is 17.9 Å². The lowest BCUT2D eigenvalue weighted by molar-refractivity contribution is -0.139. The van der Waals surface area contributed by atoms with Gasteiger partial charge in [0.25, 0.3) is 5.91 Å². The molecule has 0 aliphatic heterocycles. The summed E-state index contributed by atoms with van der Waals surface area (Å²) in [5, 5.41) is 12.4. The first-order valence-electron chi connectivity index (χ1n) is 9.74. The van der Waals surface area contributed by atoms with Crippen molar-refractivity contribution in [3.63, 3.8) is 0 Å². The van der Waals surface area contributed by atoms with E-state index in [0.29, 0.717) is 21.5 Å². The number of carboxylic acid groups (broad SMARTS) is 1. The first-order valence-corrected chi connectivity index (χ1v) is 11.3. The Labute approximate surface area is 209 Å². The molecule has 0 heterocycles. The predicted molar refractivity (Wildman–Crippen MR) is 132 cm³/mol. The van der Waals surface area contributed by atoms with Crippen molar-refractivity contribution in [1.82, 2.24) is 5.32 Å². The summed E-state index contributed by atoms with van der Waals surface area (Å²) in [5.74, 6) is -0.545. The third-order valence-corrected chi connectivity index (χ3v) is 6.58. The van der Waals surface area contributed by atoms with Crippen LogP contribution in [0, 0.1) is 0 Å². The predicted octanol–water partition coefficient (Wildman–Crippen LogP) is 5.87. The maximum Gasteiger partial charge on any atom is 0.326 e. The van der Waals surface area contributed by atoms with Gasteiger partial charge < -0.3 is 19.9 Å². The highest BCUT2D eigenvalue weighted by Crippen LogP contribution is 2.38. The van der Waals surface area contributed by atoms with Crippen LogP contribution in [0.4, 0.5) is 0 Å². The molecule has 172 valence electrons. The van der Waals surface area contributed by atoms with Crippen LogP contribution in [0.5, 0.6) is 11.5 Å². The van der Waals surface area contributed by atoms with Crippen LogP contribution in [0.1, 0.15) is 15.9 Å². The molecule has 1 amide bonds. The van der Waals surface area contributed by atoms with Crippen molar-refractivity contribution < 1.29 is 24.2 Å². The molecule has 2 N–H and O–H groups in total. The summed E-state index contributed by atoms with van der Waals surface area (Å²) in [6.07, 6.45) is 0.0631. The normalized spacial score (nSPS) is 11.5. The highest BCUT2D eigenvalue weighted by molar-refractivity contribution is 9.10. The number of benzene rings is 3. The van der Waals surface area contributed by atoms with Crippen LogP contribution in [-0.2, 0) is 11.2 Å². The third kappa shape index (κ3) is 5.61. The summed E-state index contributed by atoms with van der Waals surface area (Å²) in [6.45, 7) is 0. The maximum atomic E-state index is 12.7. The second kappa shape index (κ2) is 10.9. The van der Waals surface area contributed by atoms with Crippen LogP contribution in [0.2, 0.25) is 10.0 Å². The Kier molecular flexibility index (Phi) is 8.24. The fourth-order valence-corrected chi connectivity index (χ4v) is 4.22. The van der Waals surface area contributed by atoms with Crippen LogP contribution < -0.4 is 14.8 Å². The molecular formula is C24H20BrCl2NO5. The van der Waals surface area contributed by atoms with Gasteiger partial charge in [0.2, 0.25) is 0 Å². The van der Waals surface area contributed by atoms with Gasteiger partial charge in [0.1, 0.15) is 17.5 Å². The van der Waals surface area contributed by atoms with Gasteiger partial charge in [0.15, 0.2) is 0 Å². The van der Waals surface area contributed by atoms with Crippen molar-refractivity contribution in [1.29, 1.82) is 0 Å². The molecule has 0 saturated carbocycles. The summed E-state index contributed by atoms with van der Waals surface area (Å²) >= 11 is 15.5. The summed E-state index contributed by atoms with van der Waals surface area (Å²) < 4.78 is 11.4. The molecule has 0 bridgehead atoms. The van der Waals surface area contributed by atoms with Gasteiger partial charge in [-0.2, -0.15) is 0 Å². The summed E-state index contributed by atoms with van der Waals surface area (Å²) in [7, 11) is 3.16. The molecule has 33 heavy (non-hydrogen) atoms. The zero-order valence-corrected chi connectivity index (χ0v) is 20.8. The van der Waals surface area contributed by atoms with E-state index in [4.69, 9.17) is 32.7 Å². The molecule has 3 aromatic rings. The van der Waals surface area contributed by atoms with E-state index in [2.05, 4.69) is 21.2 Å². The Morgan fingerprint density at radius 3 is 2.15 bits per heavy atom. The topological polar surface area (TPSA) is 84.9 Å². The molecule has 3 aromatic carbocycles. The number of nitrogens with one attached hydrogen (secondary N) is 1. The van der Waals surface area contributed by atoms with Gasteiger partial charge in [0, 0.05) is 10.9 Å². The van der Waals surface area contributed by atoms with E-state index >= 15 is 0 Å². The lowest BCUT2D eigenvalue weighted by atomic mass is 9.99. The monoisotopic (exact) mass is 551 g/mol. The van der Waals surface area contributed by atoms with E-state index in [-0.39, 0.29) is 22.0 Å². The number of halogens is 3. The molecule has 0 saturated heterocycles.